The molecular formula is C20H20Cl2N2O3. The van der Waals surface area contributed by atoms with Crippen molar-refractivity contribution in [1.29, 1.82) is 0 Å². The van der Waals surface area contributed by atoms with Crippen molar-refractivity contribution in [3.63, 3.8) is 0 Å². The van der Waals surface area contributed by atoms with Gasteiger partial charge in [0.1, 0.15) is 5.75 Å². The Morgan fingerprint density at radius 3 is 2.74 bits per heavy atom. The minimum atomic E-state index is -0.213. The van der Waals surface area contributed by atoms with Crippen LogP contribution < -0.4 is 9.64 Å². The number of carbonyl (C=O) groups is 2. The molecule has 5 nitrogen and oxygen atoms in total. The summed E-state index contributed by atoms with van der Waals surface area (Å²) in [7, 11) is 1.73. The van der Waals surface area contributed by atoms with E-state index in [4.69, 9.17) is 27.9 Å². The van der Waals surface area contributed by atoms with E-state index in [-0.39, 0.29) is 30.9 Å². The molecule has 0 aromatic heterocycles. The predicted octanol–water partition coefficient (Wildman–Crippen LogP) is 4.33. The molecule has 142 valence electrons. The molecule has 0 saturated carbocycles. The number of rotatable bonds is 5. The van der Waals surface area contributed by atoms with Crippen molar-refractivity contribution in [1.82, 2.24) is 4.90 Å². The number of nitrogens with zero attached hydrogens (tertiary/aromatic N) is 2. The maximum absolute atomic E-state index is 12.7. The molecule has 1 heterocycles. The molecule has 0 saturated heterocycles. The molecule has 7 heteroatoms. The standard InChI is InChI=1S/C20H20Cl2N2O3/c1-13(15-8-7-14(21)11-16(15)22)23(2)19(25)9-10-24-17-5-3-4-6-18(17)27-12-20(24)26/h3-8,11,13H,9-10,12H2,1-2H3. The molecule has 1 aliphatic rings. The first-order valence-electron chi connectivity index (χ1n) is 8.61. The smallest absolute Gasteiger partial charge is 0.265 e. The fraction of sp³-hybridized carbons (Fsp3) is 0.300. The van der Waals surface area contributed by atoms with E-state index in [9.17, 15) is 9.59 Å². The molecule has 0 fully saturated rings. The third-order valence-corrected chi connectivity index (χ3v) is 5.31. The molecule has 2 amide bonds. The molecule has 2 aromatic carbocycles. The van der Waals surface area contributed by atoms with Crippen LogP contribution in [0.4, 0.5) is 5.69 Å². The number of carbonyl (C=O) groups excluding carboxylic acids is 2. The summed E-state index contributed by atoms with van der Waals surface area (Å²) in [6.45, 7) is 2.18. The van der Waals surface area contributed by atoms with Crippen LogP contribution in [-0.2, 0) is 9.59 Å². The zero-order chi connectivity index (χ0) is 19.6. The Kier molecular flexibility index (Phi) is 5.92. The van der Waals surface area contributed by atoms with Crippen LogP contribution in [0.1, 0.15) is 24.9 Å². The van der Waals surface area contributed by atoms with E-state index in [1.807, 2.05) is 37.3 Å². The summed E-state index contributed by atoms with van der Waals surface area (Å²) in [6, 6.07) is 12.3. The van der Waals surface area contributed by atoms with Gasteiger partial charge in [-0.05, 0) is 36.8 Å². The Morgan fingerprint density at radius 2 is 2.00 bits per heavy atom. The molecule has 27 heavy (non-hydrogen) atoms. The normalized spacial score (nSPS) is 14.4. The number of para-hydroxylation sites is 2. The van der Waals surface area contributed by atoms with Crippen molar-refractivity contribution in [2.45, 2.75) is 19.4 Å². The van der Waals surface area contributed by atoms with Gasteiger partial charge in [0.05, 0.1) is 11.7 Å². The molecule has 0 radical (unpaired) electrons. The predicted molar refractivity (Wildman–Crippen MR) is 107 cm³/mol. The Hall–Kier alpha value is -2.24. The van der Waals surface area contributed by atoms with Gasteiger partial charge in [0.25, 0.3) is 5.91 Å². The molecule has 2 aromatic rings. The average molecular weight is 407 g/mol. The minimum absolute atomic E-state index is 0.0160. The summed E-state index contributed by atoms with van der Waals surface area (Å²) in [5, 5.41) is 1.07. The average Bonchev–Trinajstić information content (AvgIpc) is 2.66. The van der Waals surface area contributed by atoms with Crippen LogP contribution in [-0.4, -0.2) is 36.9 Å². The topological polar surface area (TPSA) is 49.9 Å². The monoisotopic (exact) mass is 406 g/mol. The third kappa shape index (κ3) is 4.20. The number of hydrogen-bond donors (Lipinski definition) is 0. The van der Waals surface area contributed by atoms with Gasteiger partial charge in [-0.25, -0.2) is 0 Å². The van der Waals surface area contributed by atoms with Gasteiger partial charge < -0.3 is 14.5 Å². The second-order valence-electron chi connectivity index (χ2n) is 6.40. The van der Waals surface area contributed by atoms with E-state index >= 15 is 0 Å². The minimum Gasteiger partial charge on any atom is -0.482 e. The highest BCUT2D eigenvalue weighted by Crippen LogP contribution is 2.32. The fourth-order valence-corrected chi connectivity index (χ4v) is 3.61. The maximum atomic E-state index is 12.7. The fourth-order valence-electron chi connectivity index (χ4n) is 3.05. The lowest BCUT2D eigenvalue weighted by Gasteiger charge is -2.31. The molecule has 1 unspecified atom stereocenters. The number of hydrogen-bond acceptors (Lipinski definition) is 3. The van der Waals surface area contributed by atoms with E-state index in [1.165, 1.54) is 0 Å². The lowest BCUT2D eigenvalue weighted by Crippen LogP contribution is -2.41. The first-order chi connectivity index (χ1) is 12.9. The summed E-state index contributed by atoms with van der Waals surface area (Å²) < 4.78 is 5.43. The summed E-state index contributed by atoms with van der Waals surface area (Å²) in [5.74, 6) is 0.419. The van der Waals surface area contributed by atoms with Crippen molar-refractivity contribution in [2.24, 2.45) is 0 Å². The van der Waals surface area contributed by atoms with Crippen LogP contribution in [0.2, 0.25) is 10.0 Å². The maximum Gasteiger partial charge on any atom is 0.265 e. The number of anilines is 1. The molecule has 0 aliphatic carbocycles. The third-order valence-electron chi connectivity index (χ3n) is 4.74. The van der Waals surface area contributed by atoms with Gasteiger partial charge in [0.2, 0.25) is 5.91 Å². The zero-order valence-corrected chi connectivity index (χ0v) is 16.6. The first-order valence-corrected chi connectivity index (χ1v) is 9.37. The summed E-state index contributed by atoms with van der Waals surface area (Å²) in [6.07, 6.45) is 0.201. The highest BCUT2D eigenvalue weighted by molar-refractivity contribution is 6.35. The highest BCUT2D eigenvalue weighted by Gasteiger charge is 2.27. The zero-order valence-electron chi connectivity index (χ0n) is 15.1. The number of ether oxygens (including phenoxy) is 1. The molecular weight excluding hydrogens is 387 g/mol. The molecule has 0 bridgehead atoms. The summed E-state index contributed by atoms with van der Waals surface area (Å²) >= 11 is 12.2. The van der Waals surface area contributed by atoms with E-state index in [2.05, 4.69) is 0 Å². The molecule has 1 atom stereocenters. The number of amides is 2. The van der Waals surface area contributed by atoms with E-state index in [1.54, 1.807) is 29.0 Å². The second-order valence-corrected chi connectivity index (χ2v) is 7.24. The van der Waals surface area contributed by atoms with Crippen molar-refractivity contribution in [3.8, 4) is 5.75 Å². The number of halogens is 2. The number of fused-ring (bicyclic) bond motifs is 1. The lowest BCUT2D eigenvalue weighted by molar-refractivity contribution is -0.131. The van der Waals surface area contributed by atoms with Crippen molar-refractivity contribution >= 4 is 40.7 Å². The van der Waals surface area contributed by atoms with Gasteiger partial charge in [-0.15, -0.1) is 0 Å². The Labute approximate surface area is 168 Å². The number of benzene rings is 2. The van der Waals surface area contributed by atoms with E-state index in [0.29, 0.717) is 28.0 Å². The molecule has 3 rings (SSSR count). The molecule has 0 spiro atoms. The van der Waals surface area contributed by atoms with Gasteiger partial charge in [0.15, 0.2) is 6.61 Å². The summed E-state index contributed by atoms with van der Waals surface area (Å²) in [5.41, 5.74) is 1.52. The van der Waals surface area contributed by atoms with Crippen LogP contribution >= 0.6 is 23.2 Å². The quantitative estimate of drug-likeness (QED) is 0.742. The van der Waals surface area contributed by atoms with Crippen molar-refractivity contribution < 1.29 is 14.3 Å². The lowest BCUT2D eigenvalue weighted by atomic mass is 10.1. The van der Waals surface area contributed by atoms with Crippen LogP contribution in [0.5, 0.6) is 5.75 Å². The second kappa shape index (κ2) is 8.19. The van der Waals surface area contributed by atoms with Crippen LogP contribution in [0.15, 0.2) is 42.5 Å². The van der Waals surface area contributed by atoms with E-state index in [0.717, 1.165) is 5.56 Å². The Bertz CT molecular complexity index is 872. The van der Waals surface area contributed by atoms with Gasteiger partial charge in [-0.2, -0.15) is 0 Å². The Morgan fingerprint density at radius 1 is 1.26 bits per heavy atom. The molecule has 0 N–H and O–H groups in total. The van der Waals surface area contributed by atoms with Crippen LogP contribution in [0.3, 0.4) is 0 Å². The van der Waals surface area contributed by atoms with Gasteiger partial charge in [-0.3, -0.25) is 9.59 Å². The first kappa shape index (κ1) is 19.5. The van der Waals surface area contributed by atoms with Crippen molar-refractivity contribution in [3.05, 3.63) is 58.1 Å². The van der Waals surface area contributed by atoms with Crippen LogP contribution in [0.25, 0.3) is 0 Å². The van der Waals surface area contributed by atoms with E-state index < -0.39 is 0 Å². The van der Waals surface area contributed by atoms with Crippen LogP contribution in [0, 0.1) is 0 Å². The van der Waals surface area contributed by atoms with Gasteiger partial charge >= 0.3 is 0 Å². The van der Waals surface area contributed by atoms with Gasteiger partial charge in [0, 0.05) is 30.1 Å². The van der Waals surface area contributed by atoms with Gasteiger partial charge in [-0.1, -0.05) is 41.4 Å². The highest BCUT2D eigenvalue weighted by atomic mass is 35.5. The van der Waals surface area contributed by atoms with Crippen molar-refractivity contribution in [2.75, 3.05) is 25.1 Å². The summed E-state index contributed by atoms with van der Waals surface area (Å²) in [4.78, 5) is 28.1. The Balaban J connectivity index is 1.67. The molecule has 1 aliphatic heterocycles. The largest absolute Gasteiger partial charge is 0.482 e. The SMILES string of the molecule is CC(c1ccc(Cl)cc1Cl)N(C)C(=O)CCN1C(=O)COc2ccccc21.